The van der Waals surface area contributed by atoms with Gasteiger partial charge in [-0.2, -0.15) is 0 Å². The standard InChI is InChI=1S/C28H45NOSi/c1-7-8-17-29-27-21(2)25-14-11-15-26(30)28(25,3)20-24(27)19-23-13-10-9-12-22(23)16-18-31(4,5)6/h9-10,12-13,19,26-27,29-30H,7-8,11,14-18,20H2,1-6H3/b24-19+/t26-,27?,28-/m0/s1. The van der Waals surface area contributed by atoms with Crippen LogP contribution in [0, 0.1) is 5.41 Å². The first-order chi connectivity index (χ1) is 14.7. The van der Waals surface area contributed by atoms with Crippen molar-refractivity contribution in [1.82, 2.24) is 5.32 Å². The van der Waals surface area contributed by atoms with Gasteiger partial charge in [0, 0.05) is 19.5 Å². The van der Waals surface area contributed by atoms with Crippen LogP contribution >= 0.6 is 0 Å². The van der Waals surface area contributed by atoms with Crippen LogP contribution in [0.3, 0.4) is 0 Å². The average molecular weight is 440 g/mol. The zero-order valence-corrected chi connectivity index (χ0v) is 21.9. The predicted molar refractivity (Wildman–Crippen MR) is 138 cm³/mol. The van der Waals surface area contributed by atoms with Crippen LogP contribution in [-0.4, -0.2) is 31.9 Å². The molecule has 1 saturated carbocycles. The zero-order chi connectivity index (χ0) is 22.6. The molecule has 0 saturated heterocycles. The van der Waals surface area contributed by atoms with Gasteiger partial charge in [0.05, 0.1) is 6.10 Å². The smallest absolute Gasteiger partial charge is 0.0634 e. The number of rotatable bonds is 8. The van der Waals surface area contributed by atoms with Crippen molar-refractivity contribution in [2.24, 2.45) is 5.41 Å². The van der Waals surface area contributed by atoms with Gasteiger partial charge in [0.25, 0.3) is 0 Å². The van der Waals surface area contributed by atoms with E-state index in [4.69, 9.17) is 0 Å². The van der Waals surface area contributed by atoms with Crippen LogP contribution in [-0.2, 0) is 6.42 Å². The number of unbranched alkanes of at least 4 members (excludes halogenated alkanes) is 1. The van der Waals surface area contributed by atoms with Crippen molar-refractivity contribution in [3.05, 3.63) is 52.1 Å². The molecule has 2 nitrogen and oxygen atoms in total. The molecule has 0 amide bonds. The highest BCUT2D eigenvalue weighted by atomic mass is 28.3. The van der Waals surface area contributed by atoms with Crippen LogP contribution in [0.15, 0.2) is 41.0 Å². The largest absolute Gasteiger partial charge is 0.392 e. The van der Waals surface area contributed by atoms with E-state index in [2.05, 4.69) is 76.1 Å². The molecule has 2 aliphatic rings. The number of aliphatic hydroxyl groups excluding tert-OH is 1. The summed E-state index contributed by atoms with van der Waals surface area (Å²) in [5, 5.41) is 14.9. The summed E-state index contributed by atoms with van der Waals surface area (Å²) >= 11 is 0. The Balaban J connectivity index is 1.99. The molecule has 3 heteroatoms. The number of benzene rings is 1. The summed E-state index contributed by atoms with van der Waals surface area (Å²) in [4.78, 5) is 0. The van der Waals surface area contributed by atoms with Crippen LogP contribution in [0.5, 0.6) is 0 Å². The highest BCUT2D eigenvalue weighted by Crippen LogP contribution is 2.51. The van der Waals surface area contributed by atoms with Gasteiger partial charge in [-0.25, -0.2) is 0 Å². The molecule has 0 aromatic heterocycles. The highest BCUT2D eigenvalue weighted by molar-refractivity contribution is 6.76. The minimum Gasteiger partial charge on any atom is -0.392 e. The molecule has 0 spiro atoms. The molecule has 3 atom stereocenters. The molecular weight excluding hydrogens is 394 g/mol. The van der Waals surface area contributed by atoms with E-state index >= 15 is 0 Å². The van der Waals surface area contributed by atoms with Crippen molar-refractivity contribution in [1.29, 1.82) is 0 Å². The first-order valence-corrected chi connectivity index (χ1v) is 16.3. The molecule has 0 bridgehead atoms. The van der Waals surface area contributed by atoms with Gasteiger partial charge in [0.15, 0.2) is 0 Å². The Morgan fingerprint density at radius 1 is 1.23 bits per heavy atom. The number of aryl methyl sites for hydroxylation is 1. The fraction of sp³-hybridized carbons (Fsp3) is 0.643. The maximum atomic E-state index is 11.0. The summed E-state index contributed by atoms with van der Waals surface area (Å²) in [6.45, 7) is 15.3. The van der Waals surface area contributed by atoms with Gasteiger partial charge < -0.3 is 10.4 Å². The Labute approximate surface area is 192 Å². The average Bonchev–Trinajstić information content (AvgIpc) is 2.70. The quantitative estimate of drug-likeness (QED) is 0.260. The minimum absolute atomic E-state index is 0.107. The van der Waals surface area contributed by atoms with Gasteiger partial charge >= 0.3 is 0 Å². The third kappa shape index (κ3) is 5.80. The molecular formula is C28H45NOSi. The van der Waals surface area contributed by atoms with Crippen LogP contribution in [0.2, 0.25) is 25.7 Å². The zero-order valence-electron chi connectivity index (χ0n) is 20.9. The van der Waals surface area contributed by atoms with E-state index in [0.717, 1.165) is 32.2 Å². The maximum Gasteiger partial charge on any atom is 0.0634 e. The van der Waals surface area contributed by atoms with E-state index in [9.17, 15) is 5.11 Å². The summed E-state index contributed by atoms with van der Waals surface area (Å²) < 4.78 is 0. The van der Waals surface area contributed by atoms with E-state index in [1.54, 1.807) is 0 Å². The van der Waals surface area contributed by atoms with Gasteiger partial charge in [0.2, 0.25) is 0 Å². The fourth-order valence-corrected chi connectivity index (χ4v) is 6.60. The van der Waals surface area contributed by atoms with Gasteiger partial charge in [0.1, 0.15) is 0 Å². The number of hydrogen-bond acceptors (Lipinski definition) is 2. The SMILES string of the molecule is CCCCNC1C(C)=C2CCC[C@H](O)[C@@]2(C)C/C1=C\c1ccccc1CC[Si](C)(C)C. The first kappa shape index (κ1) is 24.5. The van der Waals surface area contributed by atoms with E-state index in [1.807, 2.05) is 0 Å². The van der Waals surface area contributed by atoms with Crippen molar-refractivity contribution < 1.29 is 5.11 Å². The minimum atomic E-state index is -1.08. The second kappa shape index (κ2) is 10.2. The van der Waals surface area contributed by atoms with Gasteiger partial charge in [-0.3, -0.25) is 0 Å². The third-order valence-corrected chi connectivity index (χ3v) is 9.35. The molecule has 172 valence electrons. The van der Waals surface area contributed by atoms with Crippen molar-refractivity contribution in [2.75, 3.05) is 6.54 Å². The molecule has 1 fully saturated rings. The molecule has 3 rings (SSSR count). The molecule has 0 radical (unpaired) electrons. The van der Waals surface area contributed by atoms with Gasteiger partial charge in [-0.1, -0.05) is 87.4 Å². The summed E-state index contributed by atoms with van der Waals surface area (Å²) in [6.07, 6.45) is 9.99. The molecule has 1 aromatic carbocycles. The predicted octanol–water partition coefficient (Wildman–Crippen LogP) is 6.98. The molecule has 0 heterocycles. The Morgan fingerprint density at radius 3 is 2.68 bits per heavy atom. The van der Waals surface area contributed by atoms with Gasteiger partial charge in [-0.05, 0) is 68.7 Å². The van der Waals surface area contributed by atoms with E-state index in [-0.39, 0.29) is 11.5 Å². The Morgan fingerprint density at radius 2 is 1.97 bits per heavy atom. The van der Waals surface area contributed by atoms with E-state index < -0.39 is 8.07 Å². The highest BCUT2D eigenvalue weighted by Gasteiger charge is 2.45. The Kier molecular flexibility index (Phi) is 8.04. The van der Waals surface area contributed by atoms with E-state index in [1.165, 1.54) is 53.2 Å². The van der Waals surface area contributed by atoms with Crippen molar-refractivity contribution in [3.8, 4) is 0 Å². The van der Waals surface area contributed by atoms with Crippen LogP contribution in [0.4, 0.5) is 0 Å². The van der Waals surface area contributed by atoms with Gasteiger partial charge in [-0.15, -0.1) is 0 Å². The van der Waals surface area contributed by atoms with Crippen molar-refractivity contribution in [3.63, 3.8) is 0 Å². The normalized spacial score (nSPS) is 28.2. The fourth-order valence-electron chi connectivity index (χ4n) is 5.58. The Hall–Kier alpha value is -1.16. The second-order valence-corrected chi connectivity index (χ2v) is 17.0. The van der Waals surface area contributed by atoms with Crippen LogP contribution < -0.4 is 5.32 Å². The Bertz CT molecular complexity index is 819. The lowest BCUT2D eigenvalue weighted by Gasteiger charge is -2.48. The summed E-state index contributed by atoms with van der Waals surface area (Å²) in [7, 11) is -1.08. The van der Waals surface area contributed by atoms with Crippen molar-refractivity contribution in [2.45, 2.75) is 104 Å². The summed E-state index contributed by atoms with van der Waals surface area (Å²) in [6, 6.07) is 10.6. The lowest BCUT2D eigenvalue weighted by Crippen LogP contribution is -2.47. The first-order valence-electron chi connectivity index (χ1n) is 12.6. The van der Waals surface area contributed by atoms with E-state index in [0.29, 0.717) is 6.04 Å². The third-order valence-electron chi connectivity index (χ3n) is 7.60. The summed E-state index contributed by atoms with van der Waals surface area (Å²) in [5.41, 5.74) is 7.19. The topological polar surface area (TPSA) is 32.3 Å². The number of fused-ring (bicyclic) bond motifs is 1. The molecule has 0 aliphatic heterocycles. The number of hydrogen-bond donors (Lipinski definition) is 2. The molecule has 2 aliphatic carbocycles. The number of aliphatic hydroxyl groups is 1. The maximum absolute atomic E-state index is 11.0. The second-order valence-electron chi connectivity index (χ2n) is 11.4. The lowest BCUT2D eigenvalue weighted by atomic mass is 9.60. The van der Waals surface area contributed by atoms with Crippen LogP contribution in [0.1, 0.15) is 70.4 Å². The molecule has 2 N–H and O–H groups in total. The van der Waals surface area contributed by atoms with Crippen LogP contribution in [0.25, 0.3) is 6.08 Å². The summed E-state index contributed by atoms with van der Waals surface area (Å²) in [5.74, 6) is 0. The molecule has 31 heavy (non-hydrogen) atoms. The monoisotopic (exact) mass is 439 g/mol. The molecule has 1 unspecified atom stereocenters. The van der Waals surface area contributed by atoms with Crippen molar-refractivity contribution >= 4 is 14.1 Å². The molecule has 1 aromatic rings. The number of nitrogens with one attached hydrogen (secondary N) is 1. The lowest BCUT2D eigenvalue weighted by molar-refractivity contribution is 0.0315.